The summed E-state index contributed by atoms with van der Waals surface area (Å²) in [5, 5.41) is 9.39. The molecule has 1 saturated carbocycles. The molecule has 0 saturated heterocycles. The molecular weight excluding hydrogens is 224 g/mol. The highest BCUT2D eigenvalue weighted by atomic mass is 16.5. The maximum atomic E-state index is 9.39. The Bertz CT molecular complexity index is 400. The van der Waals surface area contributed by atoms with Crippen LogP contribution in [0.3, 0.4) is 0 Å². The van der Waals surface area contributed by atoms with Crippen molar-refractivity contribution >= 4 is 0 Å². The van der Waals surface area contributed by atoms with Crippen LogP contribution in [0.4, 0.5) is 0 Å². The number of ether oxygens (including phenoxy) is 1. The van der Waals surface area contributed by atoms with Gasteiger partial charge in [0.05, 0.1) is 12.7 Å². The quantitative estimate of drug-likeness (QED) is 0.884. The molecular formula is C16H24O2. The topological polar surface area (TPSA) is 29.5 Å². The minimum atomic E-state index is 0.0513. The van der Waals surface area contributed by atoms with Gasteiger partial charge in [0.2, 0.25) is 0 Å². The van der Waals surface area contributed by atoms with E-state index in [4.69, 9.17) is 4.74 Å². The zero-order valence-corrected chi connectivity index (χ0v) is 11.6. The average Bonchev–Trinajstić information content (AvgIpc) is 2.36. The first kappa shape index (κ1) is 13.4. The van der Waals surface area contributed by atoms with Gasteiger partial charge in [0.15, 0.2) is 0 Å². The normalized spacial score (nSPS) is 28.1. The molecule has 100 valence electrons. The second-order valence-electron chi connectivity index (χ2n) is 5.78. The van der Waals surface area contributed by atoms with Crippen molar-refractivity contribution in [3.8, 4) is 5.75 Å². The highest BCUT2D eigenvalue weighted by molar-refractivity contribution is 5.36. The van der Waals surface area contributed by atoms with Crippen LogP contribution in [0.15, 0.2) is 18.2 Å². The molecule has 1 fully saturated rings. The molecule has 3 atom stereocenters. The number of aliphatic hydroxyl groups is 1. The van der Waals surface area contributed by atoms with E-state index in [2.05, 4.69) is 13.8 Å². The van der Waals surface area contributed by atoms with Crippen molar-refractivity contribution in [1.29, 1.82) is 0 Å². The summed E-state index contributed by atoms with van der Waals surface area (Å²) in [5.74, 6) is 2.39. The Hall–Kier alpha value is -1.02. The molecule has 18 heavy (non-hydrogen) atoms. The Morgan fingerprint density at radius 2 is 2.00 bits per heavy atom. The number of aryl methyl sites for hydroxylation is 1. The van der Waals surface area contributed by atoms with E-state index in [-0.39, 0.29) is 6.61 Å². The first-order chi connectivity index (χ1) is 8.60. The van der Waals surface area contributed by atoms with Crippen LogP contribution in [0.25, 0.3) is 0 Å². The van der Waals surface area contributed by atoms with Crippen molar-refractivity contribution in [3.63, 3.8) is 0 Å². The fraction of sp³-hybridized carbons (Fsp3) is 0.625. The summed E-state index contributed by atoms with van der Waals surface area (Å²) in [6.45, 7) is 6.72. The van der Waals surface area contributed by atoms with Gasteiger partial charge in [-0.1, -0.05) is 31.5 Å². The first-order valence-corrected chi connectivity index (χ1v) is 6.97. The third-order valence-corrected chi connectivity index (χ3v) is 4.23. The number of hydrogen-bond acceptors (Lipinski definition) is 2. The number of rotatable bonds is 3. The van der Waals surface area contributed by atoms with Crippen LogP contribution >= 0.6 is 0 Å². The van der Waals surface area contributed by atoms with Crippen LogP contribution in [0, 0.1) is 18.8 Å². The first-order valence-electron chi connectivity index (χ1n) is 6.97. The standard InChI is InChI=1S/C16H24O2/c1-11-4-7-16(14(8-11)10-17)18-15-6-5-12(2)13(3)9-15/h4,7-8,12-13,15,17H,5-6,9-10H2,1-3H3. The monoisotopic (exact) mass is 248 g/mol. The van der Waals surface area contributed by atoms with E-state index >= 15 is 0 Å². The van der Waals surface area contributed by atoms with Crippen LogP contribution in [0.1, 0.15) is 44.2 Å². The molecule has 1 aliphatic carbocycles. The molecule has 2 rings (SSSR count). The van der Waals surface area contributed by atoms with Gasteiger partial charge in [-0.3, -0.25) is 0 Å². The molecule has 1 aromatic rings. The van der Waals surface area contributed by atoms with Gasteiger partial charge in [0.1, 0.15) is 5.75 Å². The summed E-state index contributed by atoms with van der Waals surface area (Å²) in [6, 6.07) is 6.04. The largest absolute Gasteiger partial charge is 0.490 e. The van der Waals surface area contributed by atoms with Crippen LogP contribution < -0.4 is 4.74 Å². The molecule has 0 aromatic heterocycles. The summed E-state index contributed by atoms with van der Waals surface area (Å²) >= 11 is 0. The van der Waals surface area contributed by atoms with E-state index < -0.39 is 0 Å². The second-order valence-corrected chi connectivity index (χ2v) is 5.78. The van der Waals surface area contributed by atoms with E-state index in [9.17, 15) is 5.11 Å². The lowest BCUT2D eigenvalue weighted by Gasteiger charge is -2.32. The minimum Gasteiger partial charge on any atom is -0.490 e. The van der Waals surface area contributed by atoms with Gasteiger partial charge < -0.3 is 9.84 Å². The number of hydrogen-bond donors (Lipinski definition) is 1. The van der Waals surface area contributed by atoms with Crippen LogP contribution in [0.2, 0.25) is 0 Å². The predicted molar refractivity (Wildman–Crippen MR) is 73.7 cm³/mol. The zero-order chi connectivity index (χ0) is 13.1. The zero-order valence-electron chi connectivity index (χ0n) is 11.6. The summed E-state index contributed by atoms with van der Waals surface area (Å²) in [7, 11) is 0. The fourth-order valence-electron chi connectivity index (χ4n) is 2.73. The van der Waals surface area contributed by atoms with Gasteiger partial charge in [-0.25, -0.2) is 0 Å². The van der Waals surface area contributed by atoms with Crippen molar-refractivity contribution < 1.29 is 9.84 Å². The second kappa shape index (κ2) is 5.75. The molecule has 3 unspecified atom stereocenters. The van der Waals surface area contributed by atoms with E-state index in [1.807, 2.05) is 25.1 Å². The third-order valence-electron chi connectivity index (χ3n) is 4.23. The lowest BCUT2D eigenvalue weighted by atomic mass is 9.80. The summed E-state index contributed by atoms with van der Waals surface area (Å²) in [4.78, 5) is 0. The van der Waals surface area contributed by atoms with Gasteiger partial charge in [0.25, 0.3) is 0 Å². The van der Waals surface area contributed by atoms with Gasteiger partial charge in [-0.2, -0.15) is 0 Å². The average molecular weight is 248 g/mol. The lowest BCUT2D eigenvalue weighted by Crippen LogP contribution is -2.29. The van der Waals surface area contributed by atoms with Crippen LogP contribution in [-0.4, -0.2) is 11.2 Å². The van der Waals surface area contributed by atoms with Crippen molar-refractivity contribution in [3.05, 3.63) is 29.3 Å². The maximum absolute atomic E-state index is 9.39. The summed E-state index contributed by atoms with van der Waals surface area (Å²) < 4.78 is 6.09. The maximum Gasteiger partial charge on any atom is 0.125 e. The molecule has 2 nitrogen and oxygen atoms in total. The van der Waals surface area contributed by atoms with E-state index in [0.29, 0.717) is 6.10 Å². The molecule has 0 spiro atoms. The van der Waals surface area contributed by atoms with Crippen LogP contribution in [0.5, 0.6) is 5.75 Å². The Labute approximate surface area is 110 Å². The Morgan fingerprint density at radius 1 is 1.22 bits per heavy atom. The fourth-order valence-corrected chi connectivity index (χ4v) is 2.73. The highest BCUT2D eigenvalue weighted by Crippen LogP contribution is 2.32. The molecule has 0 aliphatic heterocycles. The lowest BCUT2D eigenvalue weighted by molar-refractivity contribution is 0.0981. The minimum absolute atomic E-state index is 0.0513. The summed E-state index contributed by atoms with van der Waals surface area (Å²) in [5.41, 5.74) is 2.07. The predicted octanol–water partition coefficient (Wildman–Crippen LogP) is 3.69. The van der Waals surface area contributed by atoms with E-state index in [1.54, 1.807) is 0 Å². The van der Waals surface area contributed by atoms with Crippen LogP contribution in [-0.2, 0) is 6.61 Å². The Morgan fingerprint density at radius 3 is 2.67 bits per heavy atom. The molecule has 0 radical (unpaired) electrons. The van der Waals surface area contributed by atoms with Crippen molar-refractivity contribution in [2.45, 2.75) is 52.7 Å². The van der Waals surface area contributed by atoms with Gasteiger partial charge in [-0.15, -0.1) is 0 Å². The van der Waals surface area contributed by atoms with Crippen molar-refractivity contribution in [2.75, 3.05) is 0 Å². The van der Waals surface area contributed by atoms with E-state index in [0.717, 1.165) is 41.6 Å². The molecule has 1 aromatic carbocycles. The molecule has 0 heterocycles. The smallest absolute Gasteiger partial charge is 0.125 e. The number of aliphatic hydroxyl groups excluding tert-OH is 1. The SMILES string of the molecule is Cc1ccc(OC2CCC(C)C(C)C2)c(CO)c1. The molecule has 1 aliphatic rings. The Balaban J connectivity index is 2.05. The Kier molecular flexibility index (Phi) is 4.28. The molecule has 2 heteroatoms. The van der Waals surface area contributed by atoms with Crippen molar-refractivity contribution in [2.24, 2.45) is 11.8 Å². The van der Waals surface area contributed by atoms with Crippen molar-refractivity contribution in [1.82, 2.24) is 0 Å². The molecule has 0 bridgehead atoms. The van der Waals surface area contributed by atoms with E-state index in [1.165, 1.54) is 6.42 Å². The third kappa shape index (κ3) is 3.05. The number of benzene rings is 1. The van der Waals surface area contributed by atoms with Gasteiger partial charge in [0, 0.05) is 5.56 Å². The van der Waals surface area contributed by atoms with Gasteiger partial charge >= 0.3 is 0 Å². The molecule has 0 amide bonds. The highest BCUT2D eigenvalue weighted by Gasteiger charge is 2.26. The van der Waals surface area contributed by atoms with Gasteiger partial charge in [-0.05, 0) is 44.1 Å². The molecule has 1 N–H and O–H groups in total. The summed E-state index contributed by atoms with van der Waals surface area (Å²) in [6.07, 6.45) is 3.81.